The molecule has 1 atom stereocenters. The number of nitrogens with zero attached hydrogens (tertiary/aromatic N) is 1. The zero-order chi connectivity index (χ0) is 12.4. The molecule has 18 heavy (non-hydrogen) atoms. The molecule has 1 aromatic heterocycles. The van der Waals surface area contributed by atoms with Crippen molar-refractivity contribution in [3.05, 3.63) is 23.7 Å². The van der Waals surface area contributed by atoms with Gasteiger partial charge in [0, 0.05) is 12.6 Å². The van der Waals surface area contributed by atoms with Crippen molar-refractivity contribution >= 4 is 18.3 Å². The molecule has 2 rings (SSSR count). The SMILES string of the molecule is CC(C)C1CCCN1C(=O)c1coc(CN)c1.Cl. The Kier molecular flexibility index (Phi) is 5.23. The summed E-state index contributed by atoms with van der Waals surface area (Å²) in [7, 11) is 0. The minimum Gasteiger partial charge on any atom is -0.467 e. The molecule has 0 aliphatic carbocycles. The Balaban J connectivity index is 0.00000162. The van der Waals surface area contributed by atoms with Crippen LogP contribution in [0.15, 0.2) is 16.7 Å². The van der Waals surface area contributed by atoms with E-state index in [2.05, 4.69) is 13.8 Å². The number of carbonyl (C=O) groups excluding carboxylic acids is 1. The molecule has 1 saturated heterocycles. The number of nitrogens with two attached hydrogens (primary N) is 1. The summed E-state index contributed by atoms with van der Waals surface area (Å²) in [4.78, 5) is 14.3. The maximum absolute atomic E-state index is 12.3. The van der Waals surface area contributed by atoms with Gasteiger partial charge >= 0.3 is 0 Å². The van der Waals surface area contributed by atoms with Gasteiger partial charge in [-0.3, -0.25) is 4.79 Å². The van der Waals surface area contributed by atoms with Crippen molar-refractivity contribution in [2.45, 2.75) is 39.3 Å². The highest BCUT2D eigenvalue weighted by Crippen LogP contribution is 2.26. The molecular formula is C13H21ClN2O2. The number of furan rings is 1. The van der Waals surface area contributed by atoms with Crippen molar-refractivity contribution < 1.29 is 9.21 Å². The molecular weight excluding hydrogens is 252 g/mol. The van der Waals surface area contributed by atoms with E-state index in [-0.39, 0.29) is 18.3 Å². The Labute approximate surface area is 114 Å². The van der Waals surface area contributed by atoms with Crippen molar-refractivity contribution in [1.82, 2.24) is 4.90 Å². The van der Waals surface area contributed by atoms with Gasteiger partial charge in [0.1, 0.15) is 12.0 Å². The van der Waals surface area contributed by atoms with Gasteiger partial charge in [-0.25, -0.2) is 0 Å². The summed E-state index contributed by atoms with van der Waals surface area (Å²) in [6.07, 6.45) is 3.71. The Morgan fingerprint density at radius 2 is 2.33 bits per heavy atom. The fraction of sp³-hybridized carbons (Fsp3) is 0.615. The van der Waals surface area contributed by atoms with Crippen LogP contribution in [0.2, 0.25) is 0 Å². The minimum absolute atomic E-state index is 0. The fourth-order valence-corrected chi connectivity index (χ4v) is 2.50. The normalized spacial score (nSPS) is 19.1. The van der Waals surface area contributed by atoms with E-state index in [0.717, 1.165) is 19.4 Å². The summed E-state index contributed by atoms with van der Waals surface area (Å²) < 4.78 is 5.22. The largest absolute Gasteiger partial charge is 0.467 e. The maximum atomic E-state index is 12.3. The summed E-state index contributed by atoms with van der Waals surface area (Å²) in [6, 6.07) is 2.11. The smallest absolute Gasteiger partial charge is 0.257 e. The molecule has 1 aliphatic rings. The molecule has 0 aromatic carbocycles. The Bertz CT molecular complexity index is 403. The topological polar surface area (TPSA) is 59.5 Å². The second kappa shape index (κ2) is 6.25. The second-order valence-electron chi connectivity index (χ2n) is 4.96. The van der Waals surface area contributed by atoms with Gasteiger partial charge in [0.2, 0.25) is 0 Å². The minimum atomic E-state index is 0. The third kappa shape index (κ3) is 2.87. The molecule has 0 bridgehead atoms. The number of hydrogen-bond donors (Lipinski definition) is 1. The number of halogens is 1. The lowest BCUT2D eigenvalue weighted by Crippen LogP contribution is -2.38. The molecule has 2 N–H and O–H groups in total. The van der Waals surface area contributed by atoms with Crippen molar-refractivity contribution in [2.24, 2.45) is 11.7 Å². The molecule has 0 radical (unpaired) electrons. The van der Waals surface area contributed by atoms with E-state index in [0.29, 0.717) is 29.8 Å². The highest BCUT2D eigenvalue weighted by molar-refractivity contribution is 5.94. The van der Waals surface area contributed by atoms with Gasteiger partial charge in [-0.1, -0.05) is 13.8 Å². The zero-order valence-electron chi connectivity index (χ0n) is 10.9. The summed E-state index contributed by atoms with van der Waals surface area (Å²) in [5.41, 5.74) is 6.10. The molecule has 1 amide bonds. The molecule has 1 aliphatic heterocycles. The maximum Gasteiger partial charge on any atom is 0.257 e. The third-order valence-corrected chi connectivity index (χ3v) is 3.43. The molecule has 0 spiro atoms. The lowest BCUT2D eigenvalue weighted by molar-refractivity contribution is 0.0701. The highest BCUT2D eigenvalue weighted by Gasteiger charge is 2.31. The summed E-state index contributed by atoms with van der Waals surface area (Å²) in [5, 5.41) is 0. The van der Waals surface area contributed by atoms with E-state index in [4.69, 9.17) is 10.2 Å². The van der Waals surface area contributed by atoms with Crippen LogP contribution in [0.3, 0.4) is 0 Å². The van der Waals surface area contributed by atoms with Gasteiger partial charge < -0.3 is 15.1 Å². The van der Waals surface area contributed by atoms with Crippen molar-refractivity contribution in [2.75, 3.05) is 6.54 Å². The van der Waals surface area contributed by atoms with Crippen LogP contribution >= 0.6 is 12.4 Å². The average molecular weight is 273 g/mol. The molecule has 5 heteroatoms. The first-order valence-electron chi connectivity index (χ1n) is 6.22. The van der Waals surface area contributed by atoms with E-state index in [1.54, 1.807) is 6.07 Å². The predicted molar refractivity (Wildman–Crippen MR) is 72.7 cm³/mol. The number of amides is 1. The van der Waals surface area contributed by atoms with Crippen LogP contribution in [0.25, 0.3) is 0 Å². The molecule has 1 unspecified atom stereocenters. The van der Waals surface area contributed by atoms with Gasteiger partial charge in [-0.15, -0.1) is 12.4 Å². The Morgan fingerprint density at radius 1 is 1.61 bits per heavy atom. The first kappa shape index (κ1) is 15.1. The number of likely N-dealkylation sites (tertiary alicyclic amines) is 1. The Morgan fingerprint density at radius 3 is 2.89 bits per heavy atom. The van der Waals surface area contributed by atoms with Crippen LogP contribution in [0.5, 0.6) is 0 Å². The number of hydrogen-bond acceptors (Lipinski definition) is 3. The lowest BCUT2D eigenvalue weighted by Gasteiger charge is -2.27. The lowest BCUT2D eigenvalue weighted by atomic mass is 10.0. The molecule has 102 valence electrons. The van der Waals surface area contributed by atoms with Crippen LogP contribution in [-0.4, -0.2) is 23.4 Å². The van der Waals surface area contributed by atoms with Gasteiger partial charge in [0.25, 0.3) is 5.91 Å². The van der Waals surface area contributed by atoms with Crippen LogP contribution < -0.4 is 5.73 Å². The monoisotopic (exact) mass is 272 g/mol. The number of rotatable bonds is 3. The van der Waals surface area contributed by atoms with Gasteiger partial charge in [0.15, 0.2) is 0 Å². The second-order valence-corrected chi connectivity index (χ2v) is 4.96. The first-order valence-corrected chi connectivity index (χ1v) is 6.22. The molecule has 0 saturated carbocycles. The Hall–Kier alpha value is -1.00. The third-order valence-electron chi connectivity index (χ3n) is 3.43. The van der Waals surface area contributed by atoms with E-state index in [1.807, 2.05) is 4.90 Å². The molecule has 1 aromatic rings. The van der Waals surface area contributed by atoms with Crippen LogP contribution in [0, 0.1) is 5.92 Å². The molecule has 1 fully saturated rings. The number of carbonyl (C=O) groups is 1. The standard InChI is InChI=1S/C13H20N2O2.ClH/c1-9(2)12-4-3-5-15(12)13(16)10-6-11(7-14)17-8-10;/h6,8-9,12H,3-5,7,14H2,1-2H3;1H. The van der Waals surface area contributed by atoms with E-state index in [9.17, 15) is 4.79 Å². The average Bonchev–Trinajstić information content (AvgIpc) is 2.97. The highest BCUT2D eigenvalue weighted by atomic mass is 35.5. The van der Waals surface area contributed by atoms with Gasteiger partial charge in [-0.05, 0) is 24.8 Å². The van der Waals surface area contributed by atoms with Gasteiger partial charge in [-0.2, -0.15) is 0 Å². The first-order chi connectivity index (χ1) is 8.13. The van der Waals surface area contributed by atoms with E-state index in [1.165, 1.54) is 6.26 Å². The van der Waals surface area contributed by atoms with Crippen LogP contribution in [0.4, 0.5) is 0 Å². The fourth-order valence-electron chi connectivity index (χ4n) is 2.50. The summed E-state index contributed by atoms with van der Waals surface area (Å²) >= 11 is 0. The van der Waals surface area contributed by atoms with Gasteiger partial charge in [0.05, 0.1) is 12.1 Å². The van der Waals surface area contributed by atoms with Crippen molar-refractivity contribution in [3.8, 4) is 0 Å². The van der Waals surface area contributed by atoms with E-state index >= 15 is 0 Å². The van der Waals surface area contributed by atoms with E-state index < -0.39 is 0 Å². The molecule has 4 nitrogen and oxygen atoms in total. The quantitative estimate of drug-likeness (QED) is 0.919. The zero-order valence-corrected chi connectivity index (χ0v) is 11.7. The van der Waals surface area contributed by atoms with Crippen LogP contribution in [0.1, 0.15) is 42.8 Å². The van der Waals surface area contributed by atoms with Crippen molar-refractivity contribution in [3.63, 3.8) is 0 Å². The predicted octanol–water partition coefficient (Wildman–Crippen LogP) is 2.42. The summed E-state index contributed by atoms with van der Waals surface area (Å²) in [6.45, 7) is 5.51. The summed E-state index contributed by atoms with van der Waals surface area (Å²) in [5.74, 6) is 1.24. The molecule has 2 heterocycles. The van der Waals surface area contributed by atoms with Crippen molar-refractivity contribution in [1.29, 1.82) is 0 Å². The van der Waals surface area contributed by atoms with Crippen LogP contribution in [-0.2, 0) is 6.54 Å².